The molecule has 1 nitrogen and oxygen atoms in total. The van der Waals surface area contributed by atoms with E-state index in [0.717, 1.165) is 10.8 Å². The number of halogens is 1. The van der Waals surface area contributed by atoms with Crippen LogP contribution in [-0.4, -0.2) is 6.66 Å². The van der Waals surface area contributed by atoms with E-state index >= 15 is 0 Å². The SMILES string of the molecule is Br.CP(c1ccccc1)(c1ccccc1)(c1ccccc1)c1ccc2cc(C#N)ccc2c1. The van der Waals surface area contributed by atoms with Crippen molar-refractivity contribution in [2.45, 2.75) is 0 Å². The van der Waals surface area contributed by atoms with E-state index in [1.54, 1.807) is 0 Å². The van der Waals surface area contributed by atoms with Crippen LogP contribution in [0.5, 0.6) is 0 Å². The van der Waals surface area contributed by atoms with Crippen LogP contribution in [0.3, 0.4) is 0 Å². The molecule has 162 valence electrons. The summed E-state index contributed by atoms with van der Waals surface area (Å²) in [5.41, 5.74) is 0.688. The molecule has 3 heteroatoms. The molecular formula is C30H25BrNP. The summed E-state index contributed by atoms with van der Waals surface area (Å²) in [4.78, 5) is 0. The van der Waals surface area contributed by atoms with Gasteiger partial charge in [-0.15, -0.1) is 17.0 Å². The van der Waals surface area contributed by atoms with E-state index in [-0.39, 0.29) is 17.0 Å². The van der Waals surface area contributed by atoms with Crippen molar-refractivity contribution in [1.29, 1.82) is 5.26 Å². The van der Waals surface area contributed by atoms with Gasteiger partial charge in [-0.1, -0.05) is 0 Å². The van der Waals surface area contributed by atoms with E-state index < -0.39 is 6.60 Å². The van der Waals surface area contributed by atoms with Crippen LogP contribution in [0.1, 0.15) is 5.56 Å². The minimum absolute atomic E-state index is 0. The van der Waals surface area contributed by atoms with Crippen LogP contribution in [0.25, 0.3) is 10.8 Å². The Morgan fingerprint density at radius 2 is 0.939 bits per heavy atom. The van der Waals surface area contributed by atoms with Crippen molar-refractivity contribution in [3.63, 3.8) is 0 Å². The fourth-order valence-corrected chi connectivity index (χ4v) is 10.4. The maximum atomic E-state index is 9.32. The molecule has 5 aromatic rings. The van der Waals surface area contributed by atoms with Crippen LogP contribution in [-0.2, 0) is 0 Å². The van der Waals surface area contributed by atoms with Crippen molar-refractivity contribution in [3.05, 3.63) is 133 Å². The molecule has 0 saturated heterocycles. The predicted molar refractivity (Wildman–Crippen MR) is 150 cm³/mol. The van der Waals surface area contributed by atoms with Gasteiger partial charge in [-0.2, -0.15) is 0 Å². The summed E-state index contributed by atoms with van der Waals surface area (Å²) in [5.74, 6) is 0. The first-order chi connectivity index (χ1) is 15.6. The molecule has 5 aromatic carbocycles. The topological polar surface area (TPSA) is 23.8 Å². The van der Waals surface area contributed by atoms with Gasteiger partial charge in [0.1, 0.15) is 0 Å². The number of hydrogen-bond acceptors (Lipinski definition) is 1. The van der Waals surface area contributed by atoms with Crippen molar-refractivity contribution < 1.29 is 0 Å². The predicted octanol–water partition coefficient (Wildman–Crippen LogP) is 6.07. The number of rotatable bonds is 4. The van der Waals surface area contributed by atoms with Gasteiger partial charge in [0.05, 0.1) is 0 Å². The summed E-state index contributed by atoms with van der Waals surface area (Å²) in [6, 6.07) is 47.8. The third-order valence-corrected chi connectivity index (χ3v) is 13.1. The molecule has 0 fully saturated rings. The van der Waals surface area contributed by atoms with Crippen LogP contribution in [0, 0.1) is 11.3 Å². The number of fused-ring (bicyclic) bond motifs is 1. The summed E-state index contributed by atoms with van der Waals surface area (Å²) in [6.45, 7) is -0.559. The van der Waals surface area contributed by atoms with Gasteiger partial charge in [0, 0.05) is 0 Å². The fraction of sp³-hybridized carbons (Fsp3) is 0.0333. The standard InChI is InChI=1S/C30H24NP.BrH/c1-32(27-11-5-2-6-12-27,28-13-7-3-8-14-28,29-15-9-4-10-16-29)30-20-19-25-21-24(23-31)17-18-26(25)22-30;/h2-22H,1H3;1H. The van der Waals surface area contributed by atoms with Gasteiger partial charge < -0.3 is 0 Å². The van der Waals surface area contributed by atoms with E-state index in [4.69, 9.17) is 0 Å². The summed E-state index contributed by atoms with van der Waals surface area (Å²) in [5, 5.41) is 16.9. The fourth-order valence-electron chi connectivity index (χ4n) is 4.95. The van der Waals surface area contributed by atoms with Crippen molar-refractivity contribution in [1.82, 2.24) is 0 Å². The average molecular weight is 510 g/mol. The van der Waals surface area contributed by atoms with Crippen molar-refractivity contribution >= 4 is 55.6 Å². The second kappa shape index (κ2) is 8.95. The molecule has 0 N–H and O–H groups in total. The van der Waals surface area contributed by atoms with Crippen LogP contribution in [0.2, 0.25) is 0 Å². The van der Waals surface area contributed by atoms with Crippen LogP contribution >= 0.6 is 23.6 Å². The molecule has 33 heavy (non-hydrogen) atoms. The Balaban J connectivity index is 0.00000259. The molecule has 0 spiro atoms. The first-order valence-corrected chi connectivity index (χ1v) is 13.5. The number of nitrogens with zero attached hydrogens (tertiary/aromatic N) is 1. The summed E-state index contributed by atoms with van der Waals surface area (Å²) >= 11 is 0. The van der Waals surface area contributed by atoms with Crippen LogP contribution < -0.4 is 21.2 Å². The van der Waals surface area contributed by atoms with E-state index in [2.05, 4.69) is 128 Å². The second-order valence-corrected chi connectivity index (χ2v) is 13.6. The van der Waals surface area contributed by atoms with Crippen molar-refractivity contribution in [2.75, 3.05) is 6.66 Å². The van der Waals surface area contributed by atoms with Crippen LogP contribution in [0.15, 0.2) is 127 Å². The van der Waals surface area contributed by atoms with Gasteiger partial charge >= 0.3 is 190 Å². The molecule has 0 amide bonds. The molecule has 0 aromatic heterocycles. The Hall–Kier alpha value is -3.24. The Bertz CT molecular complexity index is 1340. The molecule has 0 heterocycles. The first kappa shape index (κ1) is 22.9. The quantitative estimate of drug-likeness (QED) is 0.269. The molecule has 0 aliphatic carbocycles. The number of benzene rings is 5. The molecule has 0 saturated carbocycles. The zero-order valence-corrected chi connectivity index (χ0v) is 21.0. The first-order valence-electron chi connectivity index (χ1n) is 10.8. The van der Waals surface area contributed by atoms with Crippen molar-refractivity contribution in [2.24, 2.45) is 0 Å². The Morgan fingerprint density at radius 1 is 0.515 bits per heavy atom. The van der Waals surface area contributed by atoms with E-state index in [1.165, 1.54) is 21.2 Å². The van der Waals surface area contributed by atoms with E-state index in [1.807, 2.05) is 12.1 Å². The van der Waals surface area contributed by atoms with Gasteiger partial charge in [0.15, 0.2) is 0 Å². The minimum atomic E-state index is -3.03. The molecule has 5 rings (SSSR count). The van der Waals surface area contributed by atoms with Gasteiger partial charge in [0.25, 0.3) is 0 Å². The van der Waals surface area contributed by atoms with Crippen molar-refractivity contribution in [3.8, 4) is 6.07 Å². The Morgan fingerprint density at radius 3 is 1.39 bits per heavy atom. The normalized spacial score (nSPS) is 12.2. The number of nitriles is 1. The van der Waals surface area contributed by atoms with E-state index in [0.29, 0.717) is 5.56 Å². The molecular weight excluding hydrogens is 485 g/mol. The Labute approximate surface area is 206 Å². The zero-order chi connectivity index (χ0) is 22.0. The third kappa shape index (κ3) is 3.50. The molecule has 0 aliphatic heterocycles. The maximum absolute atomic E-state index is 9.32. The van der Waals surface area contributed by atoms with Gasteiger partial charge in [0.2, 0.25) is 0 Å². The van der Waals surface area contributed by atoms with Gasteiger partial charge in [-0.05, 0) is 0 Å². The molecule has 0 unspecified atom stereocenters. The summed E-state index contributed by atoms with van der Waals surface area (Å²) < 4.78 is 0. The molecule has 0 radical (unpaired) electrons. The third-order valence-electron chi connectivity index (χ3n) is 6.80. The van der Waals surface area contributed by atoms with Crippen LogP contribution in [0.4, 0.5) is 0 Å². The summed E-state index contributed by atoms with van der Waals surface area (Å²) in [6.07, 6.45) is 0. The number of hydrogen-bond donors (Lipinski definition) is 0. The monoisotopic (exact) mass is 509 g/mol. The molecule has 0 aliphatic rings. The zero-order valence-electron chi connectivity index (χ0n) is 18.4. The summed E-state index contributed by atoms with van der Waals surface area (Å²) in [7, 11) is 0. The van der Waals surface area contributed by atoms with E-state index in [9.17, 15) is 5.26 Å². The van der Waals surface area contributed by atoms with Gasteiger partial charge in [-0.25, -0.2) is 0 Å². The average Bonchev–Trinajstić information content (AvgIpc) is 2.89. The Kier molecular flexibility index (Phi) is 6.22. The second-order valence-electron chi connectivity index (χ2n) is 8.43. The van der Waals surface area contributed by atoms with Gasteiger partial charge in [-0.3, -0.25) is 0 Å². The molecule has 0 bridgehead atoms. The molecule has 0 atom stereocenters.